The standard InChI is InChI=1S/C12H19BN2O2.2Y/c1-8-6-16-10-13(5)11-15(9(2)7-17-11)12(3,4)14(8)10;;/h8-9H,1-2,6-7H2,3-5H3;;. The largest absolute Gasteiger partial charge is 0.472 e. The van der Waals surface area contributed by atoms with E-state index in [2.05, 4.69) is 43.7 Å². The Morgan fingerprint density at radius 2 is 1.42 bits per heavy atom. The maximum absolute atomic E-state index is 5.79. The molecule has 7 heteroatoms. The van der Waals surface area contributed by atoms with Crippen molar-refractivity contribution in [2.24, 2.45) is 0 Å². The number of nitrogens with zero attached hydrogens (tertiary/aromatic N) is 2. The molecule has 0 saturated heterocycles. The van der Waals surface area contributed by atoms with Crippen molar-refractivity contribution in [1.82, 2.24) is 0 Å². The predicted octanol–water partition coefficient (Wildman–Crippen LogP) is 0.222. The van der Waals surface area contributed by atoms with Gasteiger partial charge in [0.1, 0.15) is 13.2 Å². The molecular weight excluding hydrogens is 393 g/mol. The van der Waals surface area contributed by atoms with E-state index in [1.165, 1.54) is 0 Å². The van der Waals surface area contributed by atoms with Gasteiger partial charge in [-0.05, 0) is 0 Å². The van der Waals surface area contributed by atoms with E-state index in [-0.39, 0.29) is 89.9 Å². The van der Waals surface area contributed by atoms with E-state index in [9.17, 15) is 0 Å². The Bertz CT molecular complexity index is 413. The van der Waals surface area contributed by atoms with Crippen LogP contribution in [0.3, 0.4) is 0 Å². The molecular formula is C12H19BN2O2Y2. The average molecular weight is 412 g/mol. The molecule has 2 unspecified atom stereocenters. The van der Waals surface area contributed by atoms with Gasteiger partial charge >= 0.3 is 12.4 Å². The maximum atomic E-state index is 5.79. The van der Waals surface area contributed by atoms with Crippen LogP contribution < -0.4 is 0 Å². The Labute approximate surface area is 166 Å². The fourth-order valence-electron chi connectivity index (χ4n) is 3.33. The minimum absolute atomic E-state index is 0. The second kappa shape index (κ2) is 6.14. The van der Waals surface area contributed by atoms with Crippen LogP contribution in [-0.2, 0) is 74.9 Å². The molecule has 3 rings (SSSR count). The summed E-state index contributed by atoms with van der Waals surface area (Å²) in [5.41, 5.74) is -0.178. The minimum atomic E-state index is -0.178. The van der Waals surface area contributed by atoms with Gasteiger partial charge in [-0.3, -0.25) is 13.8 Å². The van der Waals surface area contributed by atoms with E-state index in [1.807, 2.05) is 0 Å². The first-order chi connectivity index (χ1) is 7.94. The Morgan fingerprint density at radius 1 is 1.05 bits per heavy atom. The van der Waals surface area contributed by atoms with Gasteiger partial charge in [-0.2, -0.15) is 9.15 Å². The second-order valence-electron chi connectivity index (χ2n) is 5.56. The van der Waals surface area contributed by atoms with Crippen molar-refractivity contribution in [3.8, 4) is 0 Å². The van der Waals surface area contributed by atoms with Crippen LogP contribution in [-0.4, -0.2) is 58.4 Å². The minimum Gasteiger partial charge on any atom is -0.452 e. The number of hydrogen-bond donors (Lipinski definition) is 0. The zero-order chi connectivity index (χ0) is 12.4. The summed E-state index contributed by atoms with van der Waals surface area (Å²) in [6.45, 7) is 16.3. The summed E-state index contributed by atoms with van der Waals surface area (Å²) in [7, 11) is 0. The summed E-state index contributed by atoms with van der Waals surface area (Å²) in [6.07, 6.45) is 0. The molecule has 3 aliphatic rings. The zero-order valence-corrected chi connectivity index (χ0v) is 17.6. The second-order valence-corrected chi connectivity index (χ2v) is 5.56. The smallest absolute Gasteiger partial charge is 0.452 e. The van der Waals surface area contributed by atoms with Gasteiger partial charge in [-0.25, -0.2) is 0 Å². The fourth-order valence-corrected chi connectivity index (χ4v) is 3.33. The molecule has 3 aliphatic heterocycles. The quantitative estimate of drug-likeness (QED) is 0.324. The normalized spacial score (nSPS) is 30.9. The molecule has 0 fully saturated rings. The SMILES string of the molecule is [CH2-]C1COC2=[N+]1C(C)(C)[N+]1=C(OCC1[CH2-])B2C.[Y].[Y]. The summed E-state index contributed by atoms with van der Waals surface area (Å²) >= 11 is 0. The van der Waals surface area contributed by atoms with Gasteiger partial charge in [0.25, 0.3) is 11.6 Å². The third kappa shape index (κ3) is 2.55. The molecule has 0 aliphatic carbocycles. The van der Waals surface area contributed by atoms with E-state index < -0.39 is 0 Å². The summed E-state index contributed by atoms with van der Waals surface area (Å²) in [5, 5.41) is 0. The van der Waals surface area contributed by atoms with Crippen LogP contribution in [0.15, 0.2) is 0 Å². The van der Waals surface area contributed by atoms with E-state index >= 15 is 0 Å². The summed E-state index contributed by atoms with van der Waals surface area (Å²) in [6, 6.07) is 0.327. The van der Waals surface area contributed by atoms with Crippen molar-refractivity contribution in [3.05, 3.63) is 13.8 Å². The first-order valence-corrected chi connectivity index (χ1v) is 6.18. The third-order valence-electron chi connectivity index (χ3n) is 3.97. The molecule has 0 N–H and O–H groups in total. The molecule has 0 aromatic heterocycles. The number of hydrogen-bond acceptors (Lipinski definition) is 2. The van der Waals surface area contributed by atoms with Gasteiger partial charge in [0.2, 0.25) is 0 Å². The van der Waals surface area contributed by atoms with Crippen LogP contribution in [0.25, 0.3) is 0 Å². The molecule has 0 aromatic rings. The van der Waals surface area contributed by atoms with E-state index in [0.29, 0.717) is 13.2 Å². The fraction of sp³-hybridized carbons (Fsp3) is 0.667. The summed E-state index contributed by atoms with van der Waals surface area (Å²) in [5.74, 6) is 1.99. The summed E-state index contributed by atoms with van der Waals surface area (Å²) < 4.78 is 16.1. The van der Waals surface area contributed by atoms with E-state index in [1.54, 1.807) is 0 Å². The first kappa shape index (κ1) is 18.3. The van der Waals surface area contributed by atoms with Crippen molar-refractivity contribution < 1.29 is 84.0 Å². The van der Waals surface area contributed by atoms with Crippen molar-refractivity contribution in [1.29, 1.82) is 0 Å². The monoisotopic (exact) mass is 412 g/mol. The molecule has 0 amide bonds. The third-order valence-corrected chi connectivity index (χ3v) is 3.97. The number of ether oxygens (including phenoxy) is 2. The molecule has 0 spiro atoms. The van der Waals surface area contributed by atoms with Gasteiger partial charge in [-0.1, -0.05) is 6.82 Å². The van der Waals surface area contributed by atoms with Crippen LogP contribution >= 0.6 is 0 Å². The molecule has 2 atom stereocenters. The van der Waals surface area contributed by atoms with Crippen molar-refractivity contribution in [2.75, 3.05) is 13.2 Å². The molecule has 0 saturated carbocycles. The number of rotatable bonds is 0. The van der Waals surface area contributed by atoms with Crippen LogP contribution in [0, 0.1) is 13.8 Å². The van der Waals surface area contributed by atoms with Gasteiger partial charge in [-0.15, -0.1) is 0 Å². The predicted molar refractivity (Wildman–Crippen MR) is 66.4 cm³/mol. The molecule has 0 aromatic carbocycles. The zero-order valence-electron chi connectivity index (χ0n) is 11.9. The molecule has 4 nitrogen and oxygen atoms in total. The van der Waals surface area contributed by atoms with Crippen molar-refractivity contribution in [3.63, 3.8) is 0 Å². The van der Waals surface area contributed by atoms with E-state index in [4.69, 9.17) is 9.47 Å². The van der Waals surface area contributed by atoms with Crippen molar-refractivity contribution >= 4 is 18.3 Å². The molecule has 19 heavy (non-hydrogen) atoms. The Balaban J connectivity index is 0.000000902. The van der Waals surface area contributed by atoms with E-state index in [0.717, 1.165) is 11.6 Å². The van der Waals surface area contributed by atoms with Crippen LogP contribution in [0.1, 0.15) is 13.8 Å². The first-order valence-electron chi connectivity index (χ1n) is 6.18. The van der Waals surface area contributed by atoms with Crippen molar-refractivity contribution in [2.45, 2.75) is 38.4 Å². The molecule has 2 radical (unpaired) electrons. The van der Waals surface area contributed by atoms with Gasteiger partial charge in [0, 0.05) is 65.4 Å². The van der Waals surface area contributed by atoms with Crippen LogP contribution in [0.4, 0.5) is 0 Å². The van der Waals surface area contributed by atoms with Crippen LogP contribution in [0.2, 0.25) is 6.82 Å². The Hall–Kier alpha value is 1.21. The van der Waals surface area contributed by atoms with Gasteiger partial charge < -0.3 is 9.47 Å². The van der Waals surface area contributed by atoms with Crippen LogP contribution in [0.5, 0.6) is 0 Å². The Kier molecular flexibility index (Phi) is 5.90. The topological polar surface area (TPSA) is 24.5 Å². The van der Waals surface area contributed by atoms with Gasteiger partial charge in [0.15, 0.2) is 0 Å². The average Bonchev–Trinajstić information content (AvgIpc) is 2.80. The van der Waals surface area contributed by atoms with Gasteiger partial charge in [0.05, 0.1) is 25.9 Å². The Morgan fingerprint density at radius 3 is 1.79 bits per heavy atom. The maximum Gasteiger partial charge on any atom is 0.472 e. The molecule has 0 bridgehead atoms. The molecule has 3 heterocycles. The summed E-state index contributed by atoms with van der Waals surface area (Å²) in [4.78, 5) is 0. The molecule has 98 valence electrons.